The molecule has 0 bridgehead atoms. The van der Waals surface area contributed by atoms with Crippen LogP contribution in [-0.4, -0.2) is 38.7 Å². The van der Waals surface area contributed by atoms with E-state index in [2.05, 4.69) is 25.7 Å². The number of anilines is 1. The molecule has 0 aliphatic rings. The van der Waals surface area contributed by atoms with Crippen molar-refractivity contribution in [3.05, 3.63) is 42.6 Å². The Kier molecular flexibility index (Phi) is 4.13. The minimum absolute atomic E-state index is 0.0847. The zero-order chi connectivity index (χ0) is 16.2. The van der Waals surface area contributed by atoms with E-state index < -0.39 is 0 Å². The standard InChI is InChI=1S/C15H15FN6O/c1-10(23)17-5-6-18-14-13-8-21-22(15(13)20-9-19-14)12-4-2-3-11(16)7-12/h2-4,7-9H,5-6H2,1H3,(H,17,23)(H,18,19,20). The Balaban J connectivity index is 1.87. The number of fused-ring (bicyclic) bond motifs is 1. The summed E-state index contributed by atoms with van der Waals surface area (Å²) in [6, 6.07) is 6.13. The average Bonchev–Trinajstić information content (AvgIpc) is 2.96. The lowest BCUT2D eigenvalue weighted by molar-refractivity contribution is -0.118. The van der Waals surface area contributed by atoms with Crippen molar-refractivity contribution in [3.8, 4) is 5.69 Å². The summed E-state index contributed by atoms with van der Waals surface area (Å²) >= 11 is 0. The Morgan fingerprint density at radius 1 is 1.30 bits per heavy atom. The molecule has 2 heterocycles. The van der Waals surface area contributed by atoms with Crippen LogP contribution in [0, 0.1) is 5.82 Å². The third-order valence-corrected chi connectivity index (χ3v) is 3.21. The van der Waals surface area contributed by atoms with E-state index >= 15 is 0 Å². The fourth-order valence-corrected chi connectivity index (χ4v) is 2.20. The van der Waals surface area contributed by atoms with E-state index in [1.165, 1.54) is 25.4 Å². The maximum atomic E-state index is 13.4. The molecule has 2 aromatic heterocycles. The quantitative estimate of drug-likeness (QED) is 0.697. The zero-order valence-corrected chi connectivity index (χ0v) is 12.5. The minimum atomic E-state index is -0.339. The molecular formula is C15H15FN6O. The molecule has 1 aromatic carbocycles. The smallest absolute Gasteiger partial charge is 0.216 e. The molecular weight excluding hydrogens is 299 g/mol. The molecule has 0 radical (unpaired) electrons. The van der Waals surface area contributed by atoms with E-state index in [-0.39, 0.29) is 11.7 Å². The largest absolute Gasteiger partial charge is 0.368 e. The Labute approximate surface area is 131 Å². The first-order chi connectivity index (χ1) is 11.1. The van der Waals surface area contributed by atoms with Gasteiger partial charge in [-0.3, -0.25) is 4.79 Å². The molecule has 0 atom stereocenters. The maximum Gasteiger partial charge on any atom is 0.216 e. The fourth-order valence-electron chi connectivity index (χ4n) is 2.20. The normalized spacial score (nSPS) is 10.7. The molecule has 3 rings (SSSR count). The highest BCUT2D eigenvalue weighted by molar-refractivity contribution is 5.87. The number of carbonyl (C=O) groups is 1. The van der Waals surface area contributed by atoms with Crippen LogP contribution in [0.5, 0.6) is 0 Å². The van der Waals surface area contributed by atoms with E-state index in [4.69, 9.17) is 0 Å². The van der Waals surface area contributed by atoms with Crippen molar-refractivity contribution in [2.24, 2.45) is 0 Å². The van der Waals surface area contributed by atoms with Crippen LogP contribution in [0.3, 0.4) is 0 Å². The lowest BCUT2D eigenvalue weighted by Crippen LogP contribution is -2.26. The summed E-state index contributed by atoms with van der Waals surface area (Å²) in [5, 5.41) is 10.8. The van der Waals surface area contributed by atoms with Gasteiger partial charge in [-0.25, -0.2) is 19.0 Å². The number of benzene rings is 1. The van der Waals surface area contributed by atoms with E-state index in [1.54, 1.807) is 23.0 Å². The summed E-state index contributed by atoms with van der Waals surface area (Å²) in [6.07, 6.45) is 3.04. The SMILES string of the molecule is CC(=O)NCCNc1ncnc2c1cnn2-c1cccc(F)c1. The molecule has 23 heavy (non-hydrogen) atoms. The first kappa shape index (κ1) is 14.9. The summed E-state index contributed by atoms with van der Waals surface area (Å²) in [7, 11) is 0. The highest BCUT2D eigenvalue weighted by Gasteiger charge is 2.11. The predicted molar refractivity (Wildman–Crippen MR) is 83.8 cm³/mol. The monoisotopic (exact) mass is 314 g/mol. The lowest BCUT2D eigenvalue weighted by Gasteiger charge is -2.07. The van der Waals surface area contributed by atoms with Gasteiger partial charge >= 0.3 is 0 Å². The first-order valence-electron chi connectivity index (χ1n) is 7.08. The number of nitrogens with zero attached hydrogens (tertiary/aromatic N) is 4. The van der Waals surface area contributed by atoms with Gasteiger partial charge in [-0.2, -0.15) is 5.10 Å². The van der Waals surface area contributed by atoms with E-state index in [9.17, 15) is 9.18 Å². The topological polar surface area (TPSA) is 84.7 Å². The molecule has 0 fully saturated rings. The Morgan fingerprint density at radius 2 is 2.17 bits per heavy atom. The van der Waals surface area contributed by atoms with Crippen LogP contribution in [0.15, 0.2) is 36.8 Å². The van der Waals surface area contributed by atoms with Crippen LogP contribution < -0.4 is 10.6 Å². The maximum absolute atomic E-state index is 13.4. The van der Waals surface area contributed by atoms with Gasteiger partial charge in [0.15, 0.2) is 5.65 Å². The van der Waals surface area contributed by atoms with Crippen molar-refractivity contribution in [1.82, 2.24) is 25.1 Å². The number of carbonyl (C=O) groups excluding carboxylic acids is 1. The van der Waals surface area contributed by atoms with Gasteiger partial charge in [-0.15, -0.1) is 0 Å². The Bertz CT molecular complexity index is 847. The van der Waals surface area contributed by atoms with Crippen molar-refractivity contribution >= 4 is 22.8 Å². The van der Waals surface area contributed by atoms with Gasteiger partial charge < -0.3 is 10.6 Å². The number of nitrogens with one attached hydrogen (secondary N) is 2. The number of hydrogen-bond donors (Lipinski definition) is 2. The van der Waals surface area contributed by atoms with Gasteiger partial charge in [0, 0.05) is 20.0 Å². The second-order valence-corrected chi connectivity index (χ2v) is 4.91. The summed E-state index contributed by atoms with van der Waals surface area (Å²) in [4.78, 5) is 19.3. The summed E-state index contributed by atoms with van der Waals surface area (Å²) in [6.45, 7) is 2.47. The van der Waals surface area contributed by atoms with E-state index in [0.717, 1.165) is 5.39 Å². The highest BCUT2D eigenvalue weighted by Crippen LogP contribution is 2.21. The van der Waals surface area contributed by atoms with Crippen LogP contribution >= 0.6 is 0 Å². The van der Waals surface area contributed by atoms with Crippen LogP contribution in [0.25, 0.3) is 16.7 Å². The minimum Gasteiger partial charge on any atom is -0.368 e. The molecule has 1 amide bonds. The van der Waals surface area contributed by atoms with Crippen LogP contribution in [0.4, 0.5) is 10.2 Å². The molecule has 0 saturated heterocycles. The number of amides is 1. The molecule has 0 unspecified atom stereocenters. The molecule has 7 nitrogen and oxygen atoms in total. The molecule has 0 saturated carbocycles. The van der Waals surface area contributed by atoms with Crippen molar-refractivity contribution in [3.63, 3.8) is 0 Å². The second kappa shape index (κ2) is 6.39. The van der Waals surface area contributed by atoms with Gasteiger partial charge in [-0.05, 0) is 18.2 Å². The summed E-state index contributed by atoms with van der Waals surface area (Å²) < 4.78 is 14.9. The third-order valence-electron chi connectivity index (χ3n) is 3.21. The van der Waals surface area contributed by atoms with E-state index in [1.807, 2.05) is 0 Å². The van der Waals surface area contributed by atoms with Crippen molar-refractivity contribution in [1.29, 1.82) is 0 Å². The lowest BCUT2D eigenvalue weighted by atomic mass is 10.3. The molecule has 2 N–H and O–H groups in total. The first-order valence-corrected chi connectivity index (χ1v) is 7.08. The van der Waals surface area contributed by atoms with Gasteiger partial charge in [0.25, 0.3) is 0 Å². The highest BCUT2D eigenvalue weighted by atomic mass is 19.1. The van der Waals surface area contributed by atoms with E-state index in [0.29, 0.717) is 30.2 Å². The number of rotatable bonds is 5. The molecule has 0 aliphatic heterocycles. The Morgan fingerprint density at radius 3 is 2.96 bits per heavy atom. The predicted octanol–water partition coefficient (Wildman–Crippen LogP) is 1.50. The summed E-state index contributed by atoms with van der Waals surface area (Å²) in [5.41, 5.74) is 1.16. The zero-order valence-electron chi connectivity index (χ0n) is 12.5. The van der Waals surface area contributed by atoms with Crippen LogP contribution in [0.1, 0.15) is 6.92 Å². The van der Waals surface area contributed by atoms with Gasteiger partial charge in [0.1, 0.15) is 18.0 Å². The van der Waals surface area contributed by atoms with Gasteiger partial charge in [-0.1, -0.05) is 6.07 Å². The van der Waals surface area contributed by atoms with Crippen LogP contribution in [-0.2, 0) is 4.79 Å². The third kappa shape index (κ3) is 3.25. The molecule has 3 aromatic rings. The second-order valence-electron chi connectivity index (χ2n) is 4.91. The molecule has 8 heteroatoms. The van der Waals surface area contributed by atoms with Gasteiger partial charge in [0.05, 0.1) is 17.3 Å². The summed E-state index contributed by atoms with van der Waals surface area (Å²) in [5.74, 6) is 0.190. The number of aromatic nitrogens is 4. The number of halogens is 1. The molecule has 118 valence electrons. The fraction of sp³-hybridized carbons (Fsp3) is 0.200. The van der Waals surface area contributed by atoms with Crippen molar-refractivity contribution in [2.45, 2.75) is 6.92 Å². The average molecular weight is 314 g/mol. The number of hydrogen-bond acceptors (Lipinski definition) is 5. The van der Waals surface area contributed by atoms with Gasteiger partial charge in [0.2, 0.25) is 5.91 Å². The van der Waals surface area contributed by atoms with Crippen molar-refractivity contribution in [2.75, 3.05) is 18.4 Å². The van der Waals surface area contributed by atoms with Crippen LogP contribution in [0.2, 0.25) is 0 Å². The Hall–Kier alpha value is -3.03. The molecule has 0 spiro atoms. The van der Waals surface area contributed by atoms with Crippen molar-refractivity contribution < 1.29 is 9.18 Å². The molecule has 0 aliphatic carbocycles.